The quantitative estimate of drug-likeness (QED) is 0.409. The van der Waals surface area contributed by atoms with Crippen molar-refractivity contribution in [2.75, 3.05) is 0 Å². The second kappa shape index (κ2) is 6.84. The van der Waals surface area contributed by atoms with Crippen LogP contribution >= 0.6 is 0 Å². The summed E-state index contributed by atoms with van der Waals surface area (Å²) in [5.74, 6) is -1.69. The van der Waals surface area contributed by atoms with E-state index in [0.29, 0.717) is 16.9 Å². The lowest BCUT2D eigenvalue weighted by atomic mass is 10.0. The summed E-state index contributed by atoms with van der Waals surface area (Å²) >= 11 is 0. The zero-order valence-corrected chi connectivity index (χ0v) is 14.4. The van der Waals surface area contributed by atoms with Crippen molar-refractivity contribution >= 4 is 11.9 Å². The van der Waals surface area contributed by atoms with Gasteiger partial charge in [-0.25, -0.2) is 9.48 Å². The Balaban J connectivity index is 2.03. The van der Waals surface area contributed by atoms with Crippen molar-refractivity contribution in [1.29, 1.82) is 0 Å². The van der Waals surface area contributed by atoms with Crippen LogP contribution in [0.15, 0.2) is 77.2 Å². The smallest absolute Gasteiger partial charge is 0.433 e. The zero-order chi connectivity index (χ0) is 19.7. The number of hydrogen-bond donors (Lipinski definition) is 1. The second-order valence-electron chi connectivity index (χ2n) is 5.89. The first kappa shape index (κ1) is 17.2. The number of carboxylic acid groups (broad SMARTS) is 1. The molecule has 1 N–H and O–H groups in total. The van der Waals surface area contributed by atoms with E-state index < -0.39 is 16.8 Å². The maximum atomic E-state index is 12.1. The Hall–Kier alpha value is -4.20. The predicted molar refractivity (Wildman–Crippen MR) is 100 cm³/mol. The van der Waals surface area contributed by atoms with Gasteiger partial charge in [0, 0.05) is 5.56 Å². The fourth-order valence-electron chi connectivity index (χ4n) is 2.96. The number of carbonyl (C=O) groups is 1. The largest absolute Gasteiger partial charge is 0.478 e. The topological polar surface area (TPSA) is 111 Å². The van der Waals surface area contributed by atoms with Crippen LogP contribution in [-0.2, 0) is 0 Å². The summed E-state index contributed by atoms with van der Waals surface area (Å²) in [6.07, 6.45) is 0. The summed E-state index contributed by atoms with van der Waals surface area (Å²) in [5, 5.41) is 25.3. The van der Waals surface area contributed by atoms with Crippen LogP contribution < -0.4 is 0 Å². The molecule has 0 aliphatic carbocycles. The Morgan fingerprint density at radius 3 is 2.21 bits per heavy atom. The summed E-state index contributed by atoms with van der Waals surface area (Å²) in [4.78, 5) is 22.4. The highest BCUT2D eigenvalue weighted by molar-refractivity contribution is 6.01. The minimum absolute atomic E-state index is 0.0102. The maximum absolute atomic E-state index is 12.1. The fourth-order valence-corrected chi connectivity index (χ4v) is 2.96. The average molecular weight is 375 g/mol. The van der Waals surface area contributed by atoms with Crippen LogP contribution in [-0.4, -0.2) is 25.8 Å². The maximum Gasteiger partial charge on any atom is 0.433 e. The number of aromatic carboxylic acids is 1. The average Bonchev–Trinajstić information content (AvgIpc) is 3.34. The molecule has 0 aliphatic heterocycles. The molecule has 4 rings (SSSR count). The van der Waals surface area contributed by atoms with Crippen LogP contribution in [0, 0.1) is 10.1 Å². The van der Waals surface area contributed by atoms with Gasteiger partial charge in [-0.05, 0) is 18.2 Å². The molecule has 8 heteroatoms. The normalized spacial score (nSPS) is 10.7. The molecule has 8 nitrogen and oxygen atoms in total. The third-order valence-electron chi connectivity index (χ3n) is 4.15. The summed E-state index contributed by atoms with van der Waals surface area (Å²) < 4.78 is 6.73. The highest BCUT2D eigenvalue weighted by Gasteiger charge is 2.29. The molecule has 0 saturated heterocycles. The number of benzene rings is 2. The third-order valence-corrected chi connectivity index (χ3v) is 4.15. The van der Waals surface area contributed by atoms with Gasteiger partial charge in [-0.1, -0.05) is 48.5 Å². The van der Waals surface area contributed by atoms with Crippen molar-refractivity contribution in [2.24, 2.45) is 0 Å². The first-order valence-electron chi connectivity index (χ1n) is 8.28. The van der Waals surface area contributed by atoms with E-state index >= 15 is 0 Å². The Morgan fingerprint density at radius 1 is 1.00 bits per heavy atom. The van der Waals surface area contributed by atoms with Gasteiger partial charge >= 0.3 is 11.9 Å². The molecule has 2 heterocycles. The monoisotopic (exact) mass is 375 g/mol. The standard InChI is InChI=1S/C20H13N3O5/c24-20(25)17-18(15-11-12-16(28-15)23(26)27)21-22(14-9-5-2-6-10-14)19(17)13-7-3-1-4-8-13/h1-12H,(H,24,25). The molecular weight excluding hydrogens is 362 g/mol. The van der Waals surface area contributed by atoms with E-state index in [1.54, 1.807) is 36.4 Å². The predicted octanol–water partition coefficient (Wildman–Crippen LogP) is 4.41. The molecule has 0 fully saturated rings. The molecule has 0 amide bonds. The van der Waals surface area contributed by atoms with E-state index in [9.17, 15) is 20.0 Å². The molecule has 28 heavy (non-hydrogen) atoms. The molecule has 0 atom stereocenters. The van der Waals surface area contributed by atoms with Crippen molar-refractivity contribution in [3.63, 3.8) is 0 Å². The summed E-state index contributed by atoms with van der Waals surface area (Å²) in [7, 11) is 0. The molecule has 0 spiro atoms. The number of hydrogen-bond acceptors (Lipinski definition) is 5. The van der Waals surface area contributed by atoms with Crippen molar-refractivity contribution in [2.45, 2.75) is 0 Å². The zero-order valence-electron chi connectivity index (χ0n) is 14.4. The van der Waals surface area contributed by atoms with E-state index in [0.717, 1.165) is 0 Å². The molecular formula is C20H13N3O5. The lowest BCUT2D eigenvalue weighted by molar-refractivity contribution is -0.401. The van der Waals surface area contributed by atoms with Crippen LogP contribution in [0.4, 0.5) is 5.88 Å². The summed E-state index contributed by atoms with van der Waals surface area (Å²) in [5.41, 5.74) is 1.57. The van der Waals surface area contributed by atoms with Crippen molar-refractivity contribution in [3.8, 4) is 28.4 Å². The number of rotatable bonds is 5. The van der Waals surface area contributed by atoms with Crippen LogP contribution in [0.5, 0.6) is 0 Å². The first-order chi connectivity index (χ1) is 13.6. The van der Waals surface area contributed by atoms with E-state index in [-0.39, 0.29) is 17.0 Å². The molecule has 0 unspecified atom stereocenters. The first-order valence-corrected chi connectivity index (χ1v) is 8.28. The highest BCUT2D eigenvalue weighted by atomic mass is 16.6. The van der Waals surface area contributed by atoms with Crippen LogP contribution in [0.3, 0.4) is 0 Å². The minimum Gasteiger partial charge on any atom is -0.478 e. The number of nitro groups is 1. The van der Waals surface area contributed by atoms with Gasteiger partial charge in [0.1, 0.15) is 16.2 Å². The minimum atomic E-state index is -1.21. The van der Waals surface area contributed by atoms with Gasteiger partial charge in [0.15, 0.2) is 5.76 Å². The number of aromatic nitrogens is 2. The van der Waals surface area contributed by atoms with E-state index in [1.807, 2.05) is 24.3 Å². The van der Waals surface area contributed by atoms with Gasteiger partial charge < -0.3 is 9.52 Å². The number of furan rings is 1. The lowest BCUT2D eigenvalue weighted by Crippen LogP contribution is -2.03. The van der Waals surface area contributed by atoms with Gasteiger partial charge in [0.25, 0.3) is 0 Å². The second-order valence-corrected chi connectivity index (χ2v) is 5.89. The van der Waals surface area contributed by atoms with Crippen LogP contribution in [0.2, 0.25) is 0 Å². The Labute approximate surface area is 158 Å². The SMILES string of the molecule is O=C(O)c1c(-c2ccc([N+](=O)[O-])o2)nn(-c2ccccc2)c1-c1ccccc1. The van der Waals surface area contributed by atoms with Crippen LogP contribution in [0.25, 0.3) is 28.4 Å². The summed E-state index contributed by atoms with van der Waals surface area (Å²) in [6.45, 7) is 0. The number of nitrogens with zero attached hydrogens (tertiary/aromatic N) is 3. The van der Waals surface area contributed by atoms with E-state index in [1.165, 1.54) is 16.8 Å². The lowest BCUT2D eigenvalue weighted by Gasteiger charge is -2.08. The van der Waals surface area contributed by atoms with Gasteiger partial charge in [0.05, 0.1) is 17.4 Å². The van der Waals surface area contributed by atoms with E-state index in [4.69, 9.17) is 4.42 Å². The highest BCUT2D eigenvalue weighted by Crippen LogP contribution is 2.36. The van der Waals surface area contributed by atoms with Crippen molar-refractivity contribution in [1.82, 2.24) is 9.78 Å². The van der Waals surface area contributed by atoms with Gasteiger partial charge in [-0.15, -0.1) is 0 Å². The molecule has 0 radical (unpaired) electrons. The van der Waals surface area contributed by atoms with Gasteiger partial charge in [-0.2, -0.15) is 5.10 Å². The molecule has 0 aliphatic rings. The van der Waals surface area contributed by atoms with Crippen molar-refractivity contribution < 1.29 is 19.2 Å². The summed E-state index contributed by atoms with van der Waals surface area (Å²) in [6, 6.07) is 20.5. The molecule has 0 bridgehead atoms. The van der Waals surface area contributed by atoms with Gasteiger partial charge in [-0.3, -0.25) is 10.1 Å². The Kier molecular flexibility index (Phi) is 4.21. The molecule has 4 aromatic rings. The Bertz CT molecular complexity index is 1160. The Morgan fingerprint density at radius 2 is 1.64 bits per heavy atom. The van der Waals surface area contributed by atoms with Crippen LogP contribution in [0.1, 0.15) is 10.4 Å². The third kappa shape index (κ3) is 2.92. The number of carboxylic acids is 1. The molecule has 2 aromatic carbocycles. The molecule has 138 valence electrons. The fraction of sp³-hybridized carbons (Fsp3) is 0. The molecule has 0 saturated carbocycles. The number of para-hydroxylation sites is 1. The molecule has 2 aromatic heterocycles. The van der Waals surface area contributed by atoms with Gasteiger partial charge in [0.2, 0.25) is 0 Å². The van der Waals surface area contributed by atoms with E-state index in [2.05, 4.69) is 5.10 Å². The van der Waals surface area contributed by atoms with Crippen molar-refractivity contribution in [3.05, 3.63) is 88.5 Å².